The third-order valence-corrected chi connectivity index (χ3v) is 4.37. The van der Waals surface area contributed by atoms with E-state index in [0.29, 0.717) is 17.8 Å². The van der Waals surface area contributed by atoms with Crippen molar-refractivity contribution in [3.8, 4) is 11.4 Å². The lowest BCUT2D eigenvalue weighted by Crippen LogP contribution is -2.25. The molecule has 8 heteroatoms. The number of carbonyl (C=O) groups is 2. The number of nitrogens with zero attached hydrogens (tertiary/aromatic N) is 3. The summed E-state index contributed by atoms with van der Waals surface area (Å²) in [5.74, 6) is -0.470. The summed E-state index contributed by atoms with van der Waals surface area (Å²) in [6.07, 6.45) is 4.17. The van der Waals surface area contributed by atoms with Gasteiger partial charge in [0.1, 0.15) is 11.6 Å². The van der Waals surface area contributed by atoms with Gasteiger partial charge in [0, 0.05) is 24.9 Å². The fourth-order valence-corrected chi connectivity index (χ4v) is 3.20. The Hall–Kier alpha value is -3.68. The van der Waals surface area contributed by atoms with Crippen LogP contribution in [0, 0.1) is 0 Å². The Bertz CT molecular complexity index is 1130. The second-order valence-electron chi connectivity index (χ2n) is 5.83. The molecule has 3 N–H and O–H groups in total. The average molecular weight is 349 g/mol. The van der Waals surface area contributed by atoms with Crippen LogP contribution < -0.4 is 16.6 Å². The largest absolute Gasteiger partial charge is 0.384 e. The topological polar surface area (TPSA) is 112 Å². The molecule has 0 unspecified atom stereocenters. The molecule has 0 saturated heterocycles. The number of rotatable bonds is 3. The zero-order valence-electron chi connectivity index (χ0n) is 13.9. The highest BCUT2D eigenvalue weighted by Crippen LogP contribution is 2.26. The number of carbonyl (C=O) groups excluding carboxylic acids is 2. The lowest BCUT2D eigenvalue weighted by molar-refractivity contribution is 0.0880. The van der Waals surface area contributed by atoms with E-state index in [4.69, 9.17) is 5.73 Å². The third kappa shape index (κ3) is 2.16. The van der Waals surface area contributed by atoms with E-state index in [0.717, 1.165) is 11.9 Å². The van der Waals surface area contributed by atoms with Crippen molar-refractivity contribution in [2.24, 2.45) is 0 Å². The second-order valence-corrected chi connectivity index (χ2v) is 5.83. The molecule has 8 nitrogen and oxygen atoms in total. The predicted octanol–water partition coefficient (Wildman–Crippen LogP) is 1.05. The number of aryl methyl sites for hydroxylation is 1. The monoisotopic (exact) mass is 349 g/mol. The minimum absolute atomic E-state index is 0.00288. The van der Waals surface area contributed by atoms with Crippen LogP contribution in [0.3, 0.4) is 0 Å². The Kier molecular flexibility index (Phi) is 3.47. The molecule has 0 atom stereocenters. The summed E-state index contributed by atoms with van der Waals surface area (Å²) >= 11 is 0. The summed E-state index contributed by atoms with van der Waals surface area (Å²) < 4.78 is 3.10. The molecule has 0 fully saturated rings. The summed E-state index contributed by atoms with van der Waals surface area (Å²) in [5.41, 5.74) is 6.86. The van der Waals surface area contributed by atoms with Crippen LogP contribution in [0.4, 0.5) is 5.82 Å². The molecule has 1 aromatic carbocycles. The highest BCUT2D eigenvalue weighted by molar-refractivity contribution is 6.23. The molecular formula is C18H15N5O3. The number of pyridine rings is 1. The molecule has 0 saturated carbocycles. The second kappa shape index (κ2) is 5.69. The molecule has 0 spiro atoms. The van der Waals surface area contributed by atoms with Gasteiger partial charge in [-0.3, -0.25) is 24.3 Å². The van der Waals surface area contributed by atoms with Crippen LogP contribution in [-0.4, -0.2) is 25.9 Å². The molecule has 26 heavy (non-hydrogen) atoms. The van der Waals surface area contributed by atoms with E-state index < -0.39 is 17.4 Å². The molecule has 1 aliphatic heterocycles. The van der Waals surface area contributed by atoms with Gasteiger partial charge in [-0.25, -0.2) is 4.98 Å². The molecule has 1 aliphatic rings. The summed E-state index contributed by atoms with van der Waals surface area (Å²) in [6, 6.07) is 8.31. The summed E-state index contributed by atoms with van der Waals surface area (Å²) in [6.45, 7) is 1.98. The first-order chi connectivity index (χ1) is 12.5. The standard InChI is InChI=1S/C18H15N5O3/c1-2-13-20-7-8-22(13)11-5-3-4-6-12(11)23-14(24)9-10-15(16(23)19)18(26)21-17(10)25/h3-9H,2,19H2,1H3,(H,21,25,26). The normalized spacial score (nSPS) is 13.0. The van der Waals surface area contributed by atoms with Crippen molar-refractivity contribution in [1.29, 1.82) is 0 Å². The smallest absolute Gasteiger partial charge is 0.262 e. The van der Waals surface area contributed by atoms with Gasteiger partial charge in [-0.1, -0.05) is 19.1 Å². The molecule has 3 heterocycles. The maximum Gasteiger partial charge on any atom is 0.262 e. The number of aromatic nitrogens is 3. The number of anilines is 1. The van der Waals surface area contributed by atoms with Gasteiger partial charge >= 0.3 is 0 Å². The lowest BCUT2D eigenvalue weighted by atomic mass is 10.1. The van der Waals surface area contributed by atoms with Gasteiger partial charge in [0.2, 0.25) is 0 Å². The Morgan fingerprint density at radius 1 is 1.12 bits per heavy atom. The van der Waals surface area contributed by atoms with Crippen LogP contribution in [0.15, 0.2) is 47.5 Å². The number of fused-ring (bicyclic) bond motifs is 1. The Morgan fingerprint density at radius 2 is 1.85 bits per heavy atom. The van der Waals surface area contributed by atoms with Crippen molar-refractivity contribution in [2.45, 2.75) is 13.3 Å². The van der Waals surface area contributed by atoms with Crippen LogP contribution in [0.5, 0.6) is 0 Å². The number of nitrogens with one attached hydrogen (secondary N) is 1. The number of hydrogen-bond donors (Lipinski definition) is 2. The van der Waals surface area contributed by atoms with Crippen LogP contribution in [0.25, 0.3) is 11.4 Å². The number of hydrogen-bond acceptors (Lipinski definition) is 5. The minimum atomic E-state index is -0.614. The Balaban J connectivity index is 2.02. The highest BCUT2D eigenvalue weighted by Gasteiger charge is 2.32. The van der Waals surface area contributed by atoms with Gasteiger partial charge in [-0.05, 0) is 12.1 Å². The molecule has 130 valence electrons. The fraction of sp³-hybridized carbons (Fsp3) is 0.111. The van der Waals surface area contributed by atoms with Crippen molar-refractivity contribution < 1.29 is 9.59 Å². The zero-order chi connectivity index (χ0) is 18.4. The average Bonchev–Trinajstić information content (AvgIpc) is 3.20. The highest BCUT2D eigenvalue weighted by atomic mass is 16.2. The number of amides is 2. The molecular weight excluding hydrogens is 334 g/mol. The van der Waals surface area contributed by atoms with Crippen molar-refractivity contribution >= 4 is 17.6 Å². The first-order valence-electron chi connectivity index (χ1n) is 8.06. The first kappa shape index (κ1) is 15.8. The zero-order valence-corrected chi connectivity index (χ0v) is 13.9. The van der Waals surface area contributed by atoms with E-state index in [2.05, 4.69) is 10.3 Å². The maximum absolute atomic E-state index is 12.7. The molecule has 0 bridgehead atoms. The van der Waals surface area contributed by atoms with Crippen molar-refractivity contribution in [1.82, 2.24) is 19.4 Å². The third-order valence-electron chi connectivity index (χ3n) is 4.37. The first-order valence-corrected chi connectivity index (χ1v) is 8.06. The van der Waals surface area contributed by atoms with Gasteiger partial charge in [-0.15, -0.1) is 0 Å². The van der Waals surface area contributed by atoms with Gasteiger partial charge in [0.05, 0.1) is 22.5 Å². The van der Waals surface area contributed by atoms with Gasteiger partial charge in [0.15, 0.2) is 0 Å². The summed E-state index contributed by atoms with van der Waals surface area (Å²) in [5, 5.41) is 2.16. The quantitative estimate of drug-likeness (QED) is 0.687. The van der Waals surface area contributed by atoms with Crippen molar-refractivity contribution in [3.63, 3.8) is 0 Å². The maximum atomic E-state index is 12.7. The Labute approximate surface area is 147 Å². The predicted molar refractivity (Wildman–Crippen MR) is 94.7 cm³/mol. The molecule has 4 rings (SSSR count). The van der Waals surface area contributed by atoms with E-state index in [9.17, 15) is 14.4 Å². The van der Waals surface area contributed by atoms with E-state index in [-0.39, 0.29) is 16.9 Å². The van der Waals surface area contributed by atoms with Crippen LogP contribution in [0.1, 0.15) is 33.5 Å². The number of imide groups is 1. The summed E-state index contributed by atoms with van der Waals surface area (Å²) in [7, 11) is 0. The van der Waals surface area contributed by atoms with E-state index in [1.54, 1.807) is 24.5 Å². The van der Waals surface area contributed by atoms with Crippen LogP contribution >= 0.6 is 0 Å². The molecule has 0 radical (unpaired) electrons. The van der Waals surface area contributed by atoms with Crippen molar-refractivity contribution in [3.05, 3.63) is 70.0 Å². The number of imidazole rings is 1. The molecule has 0 aliphatic carbocycles. The van der Waals surface area contributed by atoms with Crippen LogP contribution in [0.2, 0.25) is 0 Å². The number of nitrogens with two attached hydrogens (primary N) is 1. The summed E-state index contributed by atoms with van der Waals surface area (Å²) in [4.78, 5) is 40.9. The molecule has 2 aromatic heterocycles. The van der Waals surface area contributed by atoms with Gasteiger partial charge in [-0.2, -0.15) is 0 Å². The minimum Gasteiger partial charge on any atom is -0.384 e. The Morgan fingerprint density at radius 3 is 2.58 bits per heavy atom. The van der Waals surface area contributed by atoms with E-state index in [1.165, 1.54) is 4.57 Å². The molecule has 2 amide bonds. The van der Waals surface area contributed by atoms with Gasteiger partial charge < -0.3 is 10.3 Å². The number of nitrogen functional groups attached to an aromatic ring is 1. The van der Waals surface area contributed by atoms with Gasteiger partial charge in [0.25, 0.3) is 17.4 Å². The van der Waals surface area contributed by atoms with E-state index >= 15 is 0 Å². The SMILES string of the molecule is CCc1nccn1-c1ccccc1-n1c(N)c2c(cc1=O)C(=O)NC2=O. The van der Waals surface area contributed by atoms with Crippen molar-refractivity contribution in [2.75, 3.05) is 5.73 Å². The number of para-hydroxylation sites is 2. The number of benzene rings is 1. The fourth-order valence-electron chi connectivity index (χ4n) is 3.20. The van der Waals surface area contributed by atoms with E-state index in [1.807, 2.05) is 23.6 Å². The molecule has 3 aromatic rings. The lowest BCUT2D eigenvalue weighted by Gasteiger charge is -2.17. The van der Waals surface area contributed by atoms with Crippen LogP contribution in [-0.2, 0) is 6.42 Å².